The van der Waals surface area contributed by atoms with E-state index >= 15 is 0 Å². The van der Waals surface area contributed by atoms with E-state index in [0.29, 0.717) is 31.2 Å². The number of piperidine rings is 1. The van der Waals surface area contributed by atoms with Crippen molar-refractivity contribution in [2.24, 2.45) is 5.92 Å². The van der Waals surface area contributed by atoms with Crippen molar-refractivity contribution >= 4 is 11.9 Å². The fraction of sp³-hybridized carbons (Fsp3) is 0.833. The van der Waals surface area contributed by atoms with Gasteiger partial charge in [-0.1, -0.05) is 31.3 Å². The summed E-state index contributed by atoms with van der Waals surface area (Å²) >= 11 is 0. The Morgan fingerprint density at radius 1 is 1.20 bits per heavy atom. The topological polar surface area (TPSA) is 91.5 Å². The minimum absolute atomic E-state index is 0.121. The molecule has 0 aromatic carbocycles. The Morgan fingerprint density at radius 2 is 1.88 bits per heavy atom. The highest BCUT2D eigenvalue weighted by Gasteiger charge is 2.40. The molecule has 1 atom stereocenters. The van der Waals surface area contributed by atoms with E-state index < -0.39 is 5.60 Å². The number of hydrogen-bond acceptors (Lipinski definition) is 6. The van der Waals surface area contributed by atoms with Crippen molar-refractivity contribution in [2.45, 2.75) is 76.9 Å². The maximum Gasteiger partial charge on any atom is 0.318 e. The van der Waals surface area contributed by atoms with Crippen LogP contribution in [0.5, 0.6) is 0 Å². The summed E-state index contributed by atoms with van der Waals surface area (Å²) in [4.78, 5) is 14.7. The number of carbonyl (C=O) groups excluding carboxylic acids is 1. The first kappa shape index (κ1) is 18.2. The molecule has 0 spiro atoms. The van der Waals surface area contributed by atoms with Crippen LogP contribution in [0.4, 0.5) is 6.01 Å². The van der Waals surface area contributed by atoms with Gasteiger partial charge in [0.05, 0.1) is 18.1 Å². The number of hydrogen-bond donors (Lipinski definition) is 2. The van der Waals surface area contributed by atoms with E-state index in [1.54, 1.807) is 0 Å². The summed E-state index contributed by atoms with van der Waals surface area (Å²) in [5, 5.41) is 21.9. The minimum atomic E-state index is -0.870. The Morgan fingerprint density at radius 3 is 2.56 bits per heavy atom. The Hall–Kier alpha value is -1.63. The normalized spacial score (nSPS) is 21.8. The first-order chi connectivity index (χ1) is 12.1. The third kappa shape index (κ3) is 4.32. The summed E-state index contributed by atoms with van der Waals surface area (Å²) in [5.74, 6) is -0.0821. The van der Waals surface area contributed by atoms with Gasteiger partial charge in [-0.15, -0.1) is 5.10 Å². The number of aliphatic hydroxyl groups is 1. The second kappa shape index (κ2) is 8.17. The zero-order chi connectivity index (χ0) is 17.7. The monoisotopic (exact) mass is 350 g/mol. The van der Waals surface area contributed by atoms with Crippen LogP contribution in [0.25, 0.3) is 0 Å². The van der Waals surface area contributed by atoms with Gasteiger partial charge in [0.25, 0.3) is 0 Å². The van der Waals surface area contributed by atoms with E-state index in [9.17, 15) is 9.90 Å². The van der Waals surface area contributed by atoms with Crippen molar-refractivity contribution in [3.05, 3.63) is 5.89 Å². The van der Waals surface area contributed by atoms with Gasteiger partial charge in [-0.25, -0.2) is 0 Å². The molecule has 2 aliphatic rings. The van der Waals surface area contributed by atoms with E-state index in [1.165, 1.54) is 6.42 Å². The third-order valence-electron chi connectivity index (χ3n) is 5.59. The highest BCUT2D eigenvalue weighted by atomic mass is 16.4. The number of rotatable bonds is 6. The first-order valence-electron chi connectivity index (χ1n) is 9.70. The van der Waals surface area contributed by atoms with E-state index in [1.807, 2.05) is 6.92 Å². The van der Waals surface area contributed by atoms with Gasteiger partial charge in [0, 0.05) is 13.1 Å². The van der Waals surface area contributed by atoms with E-state index in [-0.39, 0.29) is 18.4 Å². The smallest absolute Gasteiger partial charge is 0.318 e. The predicted molar refractivity (Wildman–Crippen MR) is 94.0 cm³/mol. The molecule has 2 fully saturated rings. The van der Waals surface area contributed by atoms with Gasteiger partial charge in [0.2, 0.25) is 11.8 Å². The van der Waals surface area contributed by atoms with Crippen molar-refractivity contribution in [3.8, 4) is 0 Å². The van der Waals surface area contributed by atoms with Crippen LogP contribution < -0.4 is 10.2 Å². The molecule has 7 heteroatoms. The van der Waals surface area contributed by atoms with Crippen molar-refractivity contribution in [1.82, 2.24) is 15.5 Å². The maximum absolute atomic E-state index is 12.6. The average molecular weight is 350 g/mol. The number of carbonyl (C=O) groups is 1. The molecular formula is C18H30N4O3. The molecule has 25 heavy (non-hydrogen) atoms. The quantitative estimate of drug-likeness (QED) is 0.818. The van der Waals surface area contributed by atoms with Gasteiger partial charge in [-0.3, -0.25) is 4.79 Å². The van der Waals surface area contributed by atoms with Crippen LogP contribution in [-0.2, 0) is 11.3 Å². The van der Waals surface area contributed by atoms with Crippen LogP contribution in [-0.4, -0.2) is 39.9 Å². The number of nitrogens with one attached hydrogen (secondary N) is 1. The van der Waals surface area contributed by atoms with Crippen LogP contribution in [0.3, 0.4) is 0 Å². The largest absolute Gasteiger partial charge is 0.406 e. The van der Waals surface area contributed by atoms with Gasteiger partial charge >= 0.3 is 6.01 Å². The highest BCUT2D eigenvalue weighted by Crippen LogP contribution is 2.36. The molecule has 1 aromatic heterocycles. The molecule has 2 heterocycles. The van der Waals surface area contributed by atoms with Crippen LogP contribution in [0, 0.1) is 5.92 Å². The lowest BCUT2D eigenvalue weighted by atomic mass is 9.74. The summed E-state index contributed by atoms with van der Waals surface area (Å²) in [6.07, 6.45) is 8.70. The van der Waals surface area contributed by atoms with E-state index in [0.717, 1.165) is 45.2 Å². The fourth-order valence-corrected chi connectivity index (χ4v) is 4.14. The molecule has 1 saturated heterocycles. The fourth-order valence-electron chi connectivity index (χ4n) is 4.14. The van der Waals surface area contributed by atoms with Gasteiger partial charge in [-0.2, -0.15) is 0 Å². The van der Waals surface area contributed by atoms with Gasteiger partial charge in [0.15, 0.2) is 0 Å². The lowest BCUT2D eigenvalue weighted by molar-refractivity contribution is -0.138. The van der Waals surface area contributed by atoms with Crippen molar-refractivity contribution < 1.29 is 14.3 Å². The minimum Gasteiger partial charge on any atom is -0.406 e. The van der Waals surface area contributed by atoms with Crippen LogP contribution in [0.1, 0.15) is 70.6 Å². The molecule has 1 amide bonds. The summed E-state index contributed by atoms with van der Waals surface area (Å²) < 4.78 is 5.68. The predicted octanol–water partition coefficient (Wildman–Crippen LogP) is 2.40. The summed E-state index contributed by atoms with van der Waals surface area (Å²) in [7, 11) is 0. The number of amides is 1. The second-order valence-electron chi connectivity index (χ2n) is 7.37. The number of aromatic nitrogens is 2. The molecule has 1 aromatic rings. The Kier molecular flexibility index (Phi) is 5.93. The Bertz CT molecular complexity index is 562. The molecule has 2 N–H and O–H groups in total. The molecule has 1 aliphatic carbocycles. The number of nitrogens with zero attached hydrogens (tertiary/aromatic N) is 3. The number of anilines is 1. The lowest BCUT2D eigenvalue weighted by Crippen LogP contribution is -2.47. The standard InChI is InChI=1S/C18H30N4O3/c1-2-14(18(24)9-5-3-6-10-18)16(23)19-13-15-20-21-17(25-15)22-11-7-4-8-12-22/h14,24H,2-13H2,1H3,(H,19,23). The summed E-state index contributed by atoms with van der Waals surface area (Å²) in [6.45, 7) is 4.06. The van der Waals surface area contributed by atoms with Crippen LogP contribution >= 0.6 is 0 Å². The zero-order valence-electron chi connectivity index (χ0n) is 15.2. The van der Waals surface area contributed by atoms with Gasteiger partial charge in [-0.05, 0) is 38.5 Å². The van der Waals surface area contributed by atoms with Crippen molar-refractivity contribution in [2.75, 3.05) is 18.0 Å². The molecular weight excluding hydrogens is 320 g/mol. The van der Waals surface area contributed by atoms with Crippen molar-refractivity contribution in [1.29, 1.82) is 0 Å². The average Bonchev–Trinajstić information content (AvgIpc) is 3.11. The zero-order valence-corrected chi connectivity index (χ0v) is 15.2. The van der Waals surface area contributed by atoms with Gasteiger partial charge < -0.3 is 19.7 Å². The second-order valence-corrected chi connectivity index (χ2v) is 7.37. The van der Waals surface area contributed by atoms with Crippen LogP contribution in [0.15, 0.2) is 4.42 Å². The molecule has 0 bridgehead atoms. The molecule has 7 nitrogen and oxygen atoms in total. The molecule has 1 saturated carbocycles. The molecule has 1 unspecified atom stereocenters. The van der Waals surface area contributed by atoms with Gasteiger partial charge in [0.1, 0.15) is 0 Å². The highest BCUT2D eigenvalue weighted by molar-refractivity contribution is 5.79. The summed E-state index contributed by atoms with van der Waals surface area (Å²) in [5.41, 5.74) is -0.870. The lowest BCUT2D eigenvalue weighted by Gasteiger charge is -2.37. The molecule has 0 radical (unpaired) electrons. The molecule has 1 aliphatic heterocycles. The third-order valence-corrected chi connectivity index (χ3v) is 5.59. The van der Waals surface area contributed by atoms with E-state index in [4.69, 9.17) is 4.42 Å². The first-order valence-corrected chi connectivity index (χ1v) is 9.70. The van der Waals surface area contributed by atoms with Crippen molar-refractivity contribution in [3.63, 3.8) is 0 Å². The van der Waals surface area contributed by atoms with E-state index in [2.05, 4.69) is 20.4 Å². The molecule has 3 rings (SSSR count). The Labute approximate surface area is 149 Å². The summed E-state index contributed by atoms with van der Waals surface area (Å²) in [6, 6.07) is 0.543. The Balaban J connectivity index is 1.55. The molecule has 140 valence electrons. The SMILES string of the molecule is CCC(C(=O)NCc1nnc(N2CCCCC2)o1)C1(O)CCCCC1. The maximum atomic E-state index is 12.6. The van der Waals surface area contributed by atoms with Crippen LogP contribution in [0.2, 0.25) is 0 Å².